The van der Waals surface area contributed by atoms with Crippen LogP contribution in [0.1, 0.15) is 52.5 Å². The zero-order chi connectivity index (χ0) is 25.1. The van der Waals surface area contributed by atoms with Crippen molar-refractivity contribution in [3.8, 4) is 0 Å². The van der Waals surface area contributed by atoms with Crippen molar-refractivity contribution in [1.82, 2.24) is 15.3 Å². The summed E-state index contributed by atoms with van der Waals surface area (Å²) in [5.41, 5.74) is 0.977. The van der Waals surface area contributed by atoms with Crippen LogP contribution >= 0.6 is 0 Å². The molecule has 1 N–H and O–H groups in total. The van der Waals surface area contributed by atoms with E-state index in [0.29, 0.717) is 32.4 Å². The van der Waals surface area contributed by atoms with Crippen LogP contribution in [0.3, 0.4) is 0 Å². The summed E-state index contributed by atoms with van der Waals surface area (Å²) in [6.45, 7) is 13.2. The van der Waals surface area contributed by atoms with Gasteiger partial charge in [-0.15, -0.1) is 0 Å². The number of fused-ring (bicyclic) bond motifs is 2. The zero-order valence-corrected chi connectivity index (χ0v) is 22.3. The van der Waals surface area contributed by atoms with Gasteiger partial charge in [0.1, 0.15) is 18.8 Å². The Kier molecular flexibility index (Phi) is 8.20. The summed E-state index contributed by atoms with van der Waals surface area (Å²) in [5, 5.41) is 4.16. The molecule has 1 unspecified atom stereocenters. The number of nitrogens with zero attached hydrogens (tertiary/aromatic N) is 2. The van der Waals surface area contributed by atoms with Crippen LogP contribution in [-0.4, -0.2) is 67.3 Å². The standard InChI is InChI=1S/C25H39N3O5Si/c1-7-22(33-34(5,6)25(2,3)4)21(29)15-26-23(30)20-14-13-19-16-27(20)24(31)28(19)32-17-18-11-9-8-10-12-18/h8-12,19-20,22H,7,13-17H2,1-6H3,(H,26,30)/t19-,20+,22?/m1/s1. The van der Waals surface area contributed by atoms with Crippen LogP contribution < -0.4 is 5.32 Å². The highest BCUT2D eigenvalue weighted by atomic mass is 28.4. The van der Waals surface area contributed by atoms with Crippen LogP contribution in [0, 0.1) is 0 Å². The minimum atomic E-state index is -2.11. The molecule has 2 aliphatic heterocycles. The van der Waals surface area contributed by atoms with Gasteiger partial charge in [-0.05, 0) is 43.0 Å². The number of hydroxylamine groups is 2. The second kappa shape index (κ2) is 10.6. The maximum Gasteiger partial charge on any atom is 0.345 e. The molecule has 0 radical (unpaired) electrons. The maximum atomic E-state index is 12.9. The van der Waals surface area contributed by atoms with E-state index in [0.717, 1.165) is 5.56 Å². The number of carbonyl (C=O) groups is 3. The molecule has 0 aromatic heterocycles. The number of benzene rings is 1. The quantitative estimate of drug-likeness (QED) is 0.504. The lowest BCUT2D eigenvalue weighted by molar-refractivity contribution is -0.140. The van der Waals surface area contributed by atoms with Crippen molar-refractivity contribution >= 4 is 26.0 Å². The average Bonchev–Trinajstić information content (AvgIpc) is 3.03. The van der Waals surface area contributed by atoms with E-state index in [1.54, 1.807) is 4.90 Å². The van der Waals surface area contributed by atoms with Crippen LogP contribution in [-0.2, 0) is 25.5 Å². The Balaban J connectivity index is 1.53. The predicted octanol–water partition coefficient (Wildman–Crippen LogP) is 3.87. The number of ketones is 1. The Bertz CT molecular complexity index is 886. The second-order valence-corrected chi connectivity index (χ2v) is 15.5. The maximum absolute atomic E-state index is 12.9. The second-order valence-electron chi connectivity index (χ2n) is 10.7. The first-order valence-electron chi connectivity index (χ1n) is 12.2. The molecule has 0 spiro atoms. The van der Waals surface area contributed by atoms with Gasteiger partial charge in [0.2, 0.25) is 5.91 Å². The molecular formula is C25H39N3O5Si. The predicted molar refractivity (Wildman–Crippen MR) is 132 cm³/mol. The number of Topliss-reactive ketones (excluding diaryl/α,β-unsaturated/α-hetero) is 1. The van der Waals surface area contributed by atoms with Crippen molar-refractivity contribution in [2.45, 2.75) is 89.9 Å². The van der Waals surface area contributed by atoms with Gasteiger partial charge >= 0.3 is 6.03 Å². The van der Waals surface area contributed by atoms with E-state index in [1.165, 1.54) is 5.06 Å². The molecule has 188 valence electrons. The van der Waals surface area contributed by atoms with Gasteiger partial charge in [0, 0.05) is 6.54 Å². The highest BCUT2D eigenvalue weighted by Crippen LogP contribution is 2.37. The summed E-state index contributed by atoms with van der Waals surface area (Å²) < 4.78 is 6.28. The Morgan fingerprint density at radius 2 is 1.85 bits per heavy atom. The fourth-order valence-electron chi connectivity index (χ4n) is 4.10. The monoisotopic (exact) mass is 489 g/mol. The molecule has 3 amide bonds. The van der Waals surface area contributed by atoms with Crippen molar-refractivity contribution in [2.24, 2.45) is 0 Å². The molecule has 34 heavy (non-hydrogen) atoms. The number of piperidine rings is 1. The minimum Gasteiger partial charge on any atom is -0.407 e. The van der Waals surface area contributed by atoms with Gasteiger partial charge in [0.05, 0.1) is 12.6 Å². The van der Waals surface area contributed by atoms with Gasteiger partial charge in [-0.2, -0.15) is 5.06 Å². The highest BCUT2D eigenvalue weighted by Gasteiger charge is 2.48. The van der Waals surface area contributed by atoms with Gasteiger partial charge in [-0.3, -0.25) is 14.4 Å². The lowest BCUT2D eigenvalue weighted by atomic mass is 10.00. The van der Waals surface area contributed by atoms with Crippen LogP contribution in [0.15, 0.2) is 30.3 Å². The largest absolute Gasteiger partial charge is 0.407 e. The average molecular weight is 490 g/mol. The fraction of sp³-hybridized carbons (Fsp3) is 0.640. The topological polar surface area (TPSA) is 88.2 Å². The number of hydrogen-bond acceptors (Lipinski definition) is 5. The van der Waals surface area contributed by atoms with Crippen LogP contribution in [0.4, 0.5) is 4.79 Å². The van der Waals surface area contributed by atoms with Gasteiger partial charge in [0.15, 0.2) is 14.1 Å². The first kappa shape index (κ1) is 26.4. The Morgan fingerprint density at radius 1 is 1.18 bits per heavy atom. The first-order chi connectivity index (χ1) is 15.9. The molecule has 1 aromatic carbocycles. The third-order valence-electron chi connectivity index (χ3n) is 7.25. The van der Waals surface area contributed by atoms with E-state index in [-0.39, 0.29) is 35.3 Å². The van der Waals surface area contributed by atoms with Crippen molar-refractivity contribution < 1.29 is 23.6 Å². The minimum absolute atomic E-state index is 0.00679. The molecule has 2 aliphatic rings. The number of nitrogens with one attached hydrogen (secondary N) is 1. The van der Waals surface area contributed by atoms with Crippen molar-refractivity contribution in [1.29, 1.82) is 0 Å². The molecule has 0 saturated carbocycles. The third-order valence-corrected chi connectivity index (χ3v) is 11.7. The molecule has 1 aromatic rings. The number of amides is 3. The van der Waals surface area contributed by atoms with Crippen molar-refractivity contribution in [3.05, 3.63) is 35.9 Å². The third kappa shape index (κ3) is 5.87. The highest BCUT2D eigenvalue weighted by molar-refractivity contribution is 6.74. The summed E-state index contributed by atoms with van der Waals surface area (Å²) in [6.07, 6.45) is 1.24. The van der Waals surface area contributed by atoms with Crippen LogP contribution in [0.2, 0.25) is 18.1 Å². The van der Waals surface area contributed by atoms with Gasteiger partial charge in [0.25, 0.3) is 0 Å². The normalized spacial score (nSPS) is 21.5. The van der Waals surface area contributed by atoms with E-state index >= 15 is 0 Å². The number of carbonyl (C=O) groups excluding carboxylic acids is 3. The number of urea groups is 1. The Morgan fingerprint density at radius 3 is 2.47 bits per heavy atom. The summed E-state index contributed by atoms with van der Waals surface area (Å²) >= 11 is 0. The molecule has 9 heteroatoms. The molecule has 0 aliphatic carbocycles. The molecule has 2 bridgehead atoms. The number of rotatable bonds is 10. The van der Waals surface area contributed by atoms with Gasteiger partial charge < -0.3 is 14.6 Å². The molecular weight excluding hydrogens is 450 g/mol. The van der Waals surface area contributed by atoms with Crippen LogP contribution in [0.25, 0.3) is 0 Å². The summed E-state index contributed by atoms with van der Waals surface area (Å²) in [7, 11) is -2.11. The summed E-state index contributed by atoms with van der Waals surface area (Å²) in [4.78, 5) is 46.1. The molecule has 3 atom stereocenters. The molecule has 2 saturated heterocycles. The zero-order valence-electron chi connectivity index (χ0n) is 21.3. The van der Waals surface area contributed by atoms with E-state index in [9.17, 15) is 14.4 Å². The Labute approximate surface area is 204 Å². The number of hydrogen-bond donors (Lipinski definition) is 1. The molecule has 3 rings (SSSR count). The van der Waals surface area contributed by atoms with E-state index in [2.05, 4.69) is 39.2 Å². The smallest absolute Gasteiger partial charge is 0.345 e. The first-order valence-corrected chi connectivity index (χ1v) is 15.1. The van der Waals surface area contributed by atoms with Gasteiger partial charge in [-0.25, -0.2) is 4.79 Å². The van der Waals surface area contributed by atoms with Crippen molar-refractivity contribution in [2.75, 3.05) is 13.1 Å². The fourth-order valence-corrected chi connectivity index (χ4v) is 5.47. The van der Waals surface area contributed by atoms with Crippen molar-refractivity contribution in [3.63, 3.8) is 0 Å². The van der Waals surface area contributed by atoms with E-state index < -0.39 is 20.5 Å². The Hall–Kier alpha value is -2.23. The van der Waals surface area contributed by atoms with E-state index in [1.807, 2.05) is 37.3 Å². The summed E-state index contributed by atoms with van der Waals surface area (Å²) in [6, 6.07) is 8.71. The molecule has 2 fully saturated rings. The van der Waals surface area contributed by atoms with Gasteiger partial charge in [-0.1, -0.05) is 58.0 Å². The van der Waals surface area contributed by atoms with E-state index in [4.69, 9.17) is 9.26 Å². The molecule has 8 nitrogen and oxygen atoms in total. The SMILES string of the molecule is CCC(O[Si](C)(C)C(C)(C)C)C(=O)CNC(=O)[C@@H]1CC[C@@H]2CN1C(=O)N2OCc1ccccc1. The summed E-state index contributed by atoms with van der Waals surface area (Å²) in [5.74, 6) is -0.429. The lowest BCUT2D eigenvalue weighted by Crippen LogP contribution is -2.52. The molecule has 2 heterocycles. The van der Waals surface area contributed by atoms with Crippen LogP contribution in [0.5, 0.6) is 0 Å². The lowest BCUT2D eigenvalue weighted by Gasteiger charge is -2.38.